The summed E-state index contributed by atoms with van der Waals surface area (Å²) in [7, 11) is 0. The van der Waals surface area contributed by atoms with Gasteiger partial charge >= 0.3 is 0 Å². The Hall–Kier alpha value is -0.150. The van der Waals surface area contributed by atoms with Gasteiger partial charge in [-0.1, -0.05) is 12.8 Å². The topological polar surface area (TPSA) is 0 Å². The molecule has 0 saturated heterocycles. The Morgan fingerprint density at radius 3 is 2.33 bits per heavy atom. The Bertz CT molecular complexity index is 259. The number of thioether (sulfide) groups is 1. The van der Waals surface area contributed by atoms with Gasteiger partial charge < -0.3 is 0 Å². The van der Waals surface area contributed by atoms with Crippen LogP contribution in [0.3, 0.4) is 0 Å². The first-order valence-electron chi connectivity index (χ1n) is 5.32. The van der Waals surface area contributed by atoms with Crippen molar-refractivity contribution in [3.05, 3.63) is 30.1 Å². The summed E-state index contributed by atoms with van der Waals surface area (Å²) in [5.74, 6) is 1.96. The van der Waals surface area contributed by atoms with E-state index in [-0.39, 0.29) is 5.82 Å². The fourth-order valence-corrected chi connectivity index (χ4v) is 2.42. The normalized spacial score (nSPS) is 10.5. The van der Waals surface area contributed by atoms with Crippen LogP contribution in [0, 0.1) is 5.82 Å². The van der Waals surface area contributed by atoms with Crippen LogP contribution in [0.25, 0.3) is 0 Å². The van der Waals surface area contributed by atoms with Crippen molar-refractivity contribution in [3.63, 3.8) is 0 Å². The van der Waals surface area contributed by atoms with Crippen LogP contribution in [0.15, 0.2) is 29.2 Å². The average molecular weight is 244 g/mol. The van der Waals surface area contributed by atoms with E-state index in [0.717, 1.165) is 16.4 Å². The highest BCUT2D eigenvalue weighted by atomic mass is 32.2. The quantitative estimate of drug-likeness (QED) is 0.421. The van der Waals surface area contributed by atoms with Gasteiger partial charge in [0.05, 0.1) is 0 Å². The Kier molecular flexibility index (Phi) is 6.94. The molecule has 0 aliphatic heterocycles. The molecule has 0 spiro atoms. The Balaban J connectivity index is 2.07. The summed E-state index contributed by atoms with van der Waals surface area (Å²) in [5, 5.41) is 0. The summed E-state index contributed by atoms with van der Waals surface area (Å²) in [5.41, 5.74) is 0. The third-order valence-corrected chi connectivity index (χ3v) is 3.55. The largest absolute Gasteiger partial charge is 0.207 e. The van der Waals surface area contributed by atoms with Crippen LogP contribution in [0.2, 0.25) is 0 Å². The van der Waals surface area contributed by atoms with Gasteiger partial charge in [0, 0.05) is 4.90 Å². The van der Waals surface area contributed by atoms with Gasteiger partial charge in [0.1, 0.15) is 5.82 Å². The molecular formula is C12H17FS2. The van der Waals surface area contributed by atoms with Crippen LogP contribution >= 0.6 is 24.4 Å². The summed E-state index contributed by atoms with van der Waals surface area (Å²) in [6.45, 7) is 0. The zero-order valence-corrected chi connectivity index (χ0v) is 10.5. The number of hydrogen-bond donors (Lipinski definition) is 1. The molecule has 0 unspecified atom stereocenters. The minimum absolute atomic E-state index is 0.159. The summed E-state index contributed by atoms with van der Waals surface area (Å²) < 4.78 is 12.6. The lowest BCUT2D eigenvalue weighted by Crippen LogP contribution is -1.83. The highest BCUT2D eigenvalue weighted by molar-refractivity contribution is 7.99. The number of unbranched alkanes of at least 4 members (excludes halogenated alkanes) is 3. The molecule has 0 bridgehead atoms. The van der Waals surface area contributed by atoms with E-state index in [1.807, 2.05) is 12.1 Å². The zero-order chi connectivity index (χ0) is 10.9. The van der Waals surface area contributed by atoms with Crippen molar-refractivity contribution < 1.29 is 4.39 Å². The maximum Gasteiger partial charge on any atom is 0.123 e. The molecule has 0 heterocycles. The predicted molar refractivity (Wildman–Crippen MR) is 69.4 cm³/mol. The van der Waals surface area contributed by atoms with Crippen molar-refractivity contribution in [1.29, 1.82) is 0 Å². The zero-order valence-electron chi connectivity index (χ0n) is 8.79. The Morgan fingerprint density at radius 2 is 1.67 bits per heavy atom. The first kappa shape index (κ1) is 12.9. The molecule has 15 heavy (non-hydrogen) atoms. The second-order valence-electron chi connectivity index (χ2n) is 3.44. The van der Waals surface area contributed by atoms with Crippen molar-refractivity contribution in [2.75, 3.05) is 11.5 Å². The van der Waals surface area contributed by atoms with Gasteiger partial charge in [-0.05, 0) is 48.6 Å². The fourth-order valence-electron chi connectivity index (χ4n) is 1.29. The molecule has 1 rings (SSSR count). The van der Waals surface area contributed by atoms with Crippen LogP contribution in [0.5, 0.6) is 0 Å². The lowest BCUT2D eigenvalue weighted by molar-refractivity contribution is 0.626. The van der Waals surface area contributed by atoms with Gasteiger partial charge in [-0.2, -0.15) is 12.6 Å². The van der Waals surface area contributed by atoms with Gasteiger partial charge in [0.15, 0.2) is 0 Å². The molecular weight excluding hydrogens is 227 g/mol. The van der Waals surface area contributed by atoms with Crippen LogP contribution in [0.1, 0.15) is 25.7 Å². The minimum Gasteiger partial charge on any atom is -0.207 e. The van der Waals surface area contributed by atoms with Gasteiger partial charge in [0.2, 0.25) is 0 Å². The van der Waals surface area contributed by atoms with E-state index in [0.29, 0.717) is 0 Å². The van der Waals surface area contributed by atoms with Crippen LogP contribution in [-0.2, 0) is 0 Å². The lowest BCUT2D eigenvalue weighted by atomic mass is 10.2. The molecule has 1 aromatic rings. The molecule has 0 aliphatic carbocycles. The van der Waals surface area contributed by atoms with Crippen molar-refractivity contribution in [2.24, 2.45) is 0 Å². The molecule has 1 aromatic carbocycles. The number of rotatable bonds is 7. The van der Waals surface area contributed by atoms with E-state index in [4.69, 9.17) is 0 Å². The summed E-state index contributed by atoms with van der Waals surface area (Å²) in [4.78, 5) is 1.16. The fraction of sp³-hybridized carbons (Fsp3) is 0.500. The smallest absolute Gasteiger partial charge is 0.123 e. The second kappa shape index (κ2) is 8.05. The molecule has 0 atom stereocenters. The van der Waals surface area contributed by atoms with E-state index in [2.05, 4.69) is 12.6 Å². The van der Waals surface area contributed by atoms with Crippen molar-refractivity contribution >= 4 is 24.4 Å². The van der Waals surface area contributed by atoms with E-state index in [9.17, 15) is 4.39 Å². The number of thiol groups is 1. The van der Waals surface area contributed by atoms with E-state index in [1.54, 1.807) is 11.8 Å². The van der Waals surface area contributed by atoms with Crippen molar-refractivity contribution in [1.82, 2.24) is 0 Å². The predicted octanol–water partition coefficient (Wildman–Crippen LogP) is 4.41. The number of halogens is 1. The summed E-state index contributed by atoms with van der Waals surface area (Å²) in [6, 6.07) is 6.72. The van der Waals surface area contributed by atoms with E-state index >= 15 is 0 Å². The first-order valence-corrected chi connectivity index (χ1v) is 6.94. The molecule has 0 aliphatic rings. The average Bonchev–Trinajstić information content (AvgIpc) is 2.26. The van der Waals surface area contributed by atoms with Gasteiger partial charge in [-0.25, -0.2) is 4.39 Å². The Morgan fingerprint density at radius 1 is 1.00 bits per heavy atom. The highest BCUT2D eigenvalue weighted by Gasteiger charge is 1.95. The van der Waals surface area contributed by atoms with Gasteiger partial charge in [-0.15, -0.1) is 11.8 Å². The standard InChI is InChI=1S/C12H17FS2/c13-11-5-7-12(8-6-11)15-10-4-2-1-3-9-14/h5-8,14H,1-4,9-10H2. The highest BCUT2D eigenvalue weighted by Crippen LogP contribution is 2.19. The summed E-state index contributed by atoms with van der Waals surface area (Å²) >= 11 is 5.97. The van der Waals surface area contributed by atoms with E-state index < -0.39 is 0 Å². The molecule has 0 amide bonds. The Labute approximate surface area is 101 Å². The number of hydrogen-bond acceptors (Lipinski definition) is 2. The lowest BCUT2D eigenvalue weighted by Gasteiger charge is -2.01. The molecule has 84 valence electrons. The molecule has 0 radical (unpaired) electrons. The second-order valence-corrected chi connectivity index (χ2v) is 5.06. The van der Waals surface area contributed by atoms with Crippen LogP contribution in [0.4, 0.5) is 4.39 Å². The molecule has 0 aromatic heterocycles. The van der Waals surface area contributed by atoms with E-state index in [1.165, 1.54) is 37.8 Å². The van der Waals surface area contributed by atoms with Crippen molar-refractivity contribution in [3.8, 4) is 0 Å². The SMILES string of the molecule is Fc1ccc(SCCCCCCS)cc1. The first-order chi connectivity index (χ1) is 7.33. The maximum atomic E-state index is 12.6. The van der Waals surface area contributed by atoms with Gasteiger partial charge in [-0.3, -0.25) is 0 Å². The summed E-state index contributed by atoms with van der Waals surface area (Å²) in [6.07, 6.45) is 4.99. The molecule has 0 fully saturated rings. The third kappa shape index (κ3) is 6.10. The molecule has 0 nitrogen and oxygen atoms in total. The van der Waals surface area contributed by atoms with Gasteiger partial charge in [0.25, 0.3) is 0 Å². The maximum absolute atomic E-state index is 12.6. The van der Waals surface area contributed by atoms with Crippen molar-refractivity contribution in [2.45, 2.75) is 30.6 Å². The monoisotopic (exact) mass is 244 g/mol. The molecule has 0 N–H and O–H groups in total. The van der Waals surface area contributed by atoms with Crippen LogP contribution < -0.4 is 0 Å². The minimum atomic E-state index is -0.159. The molecule has 0 saturated carbocycles. The van der Waals surface area contributed by atoms with Crippen LogP contribution in [-0.4, -0.2) is 11.5 Å². The number of benzene rings is 1. The third-order valence-electron chi connectivity index (χ3n) is 2.13. The molecule has 3 heteroatoms.